The number of pyridine rings is 1. The number of carbonyl (C=O) groups is 2. The topological polar surface area (TPSA) is 124 Å². The predicted molar refractivity (Wildman–Crippen MR) is 188 cm³/mol. The molecule has 0 aliphatic heterocycles. The highest BCUT2D eigenvalue weighted by Crippen LogP contribution is 2.56. The Kier molecular flexibility index (Phi) is 7.96. The Morgan fingerprint density at radius 1 is 0.959 bits per heavy atom. The van der Waals surface area contributed by atoms with Crippen molar-refractivity contribution in [1.29, 1.82) is 0 Å². The molecule has 1 amide bonds. The van der Waals surface area contributed by atoms with E-state index in [4.69, 9.17) is 16.3 Å². The molecular formula is C38H38ClN3O6S. The van der Waals surface area contributed by atoms with Crippen LogP contribution < -0.4 is 15.5 Å². The lowest BCUT2D eigenvalue weighted by molar-refractivity contribution is -0.0348. The van der Waals surface area contributed by atoms with Crippen molar-refractivity contribution in [2.45, 2.75) is 68.2 Å². The van der Waals surface area contributed by atoms with E-state index in [2.05, 4.69) is 10.0 Å². The number of fused-ring (bicyclic) bond motifs is 1. The fraction of sp³-hybridized carbons (Fsp3) is 0.395. The third-order valence-electron chi connectivity index (χ3n) is 11.1. The number of sulfonamides is 1. The Labute approximate surface area is 290 Å². The molecule has 11 heteroatoms. The summed E-state index contributed by atoms with van der Waals surface area (Å²) >= 11 is 6.36. The lowest BCUT2D eigenvalue weighted by atomic mass is 9.51. The summed E-state index contributed by atoms with van der Waals surface area (Å²) in [6.07, 6.45) is 6.07. The maximum atomic E-state index is 14.0. The zero-order valence-corrected chi connectivity index (χ0v) is 28.7. The summed E-state index contributed by atoms with van der Waals surface area (Å²) in [6.45, 7) is 0. The minimum absolute atomic E-state index is 0.00690. The van der Waals surface area contributed by atoms with Gasteiger partial charge in [0.2, 0.25) is 10.0 Å². The van der Waals surface area contributed by atoms with Gasteiger partial charge in [-0.3, -0.25) is 9.59 Å². The molecule has 254 valence electrons. The molecule has 0 radical (unpaired) electrons. The quantitative estimate of drug-likeness (QED) is 0.214. The maximum absolute atomic E-state index is 14.0. The number of hydrogen-bond acceptors (Lipinski definition) is 6. The minimum atomic E-state index is -3.29. The van der Waals surface area contributed by atoms with Crippen LogP contribution >= 0.6 is 11.6 Å². The number of carbonyl (C=O) groups excluding carboxylic acids is 2. The SMILES string of the molecule is COC(=O)c1c(Cc2ccc(C(=O)N[C@@H]3[C@@H]4C[C@@H]5C[C@H]3C[C@@](NS(=O)(=O)C3CC3)(C5)C4)cc2)c(=O)c2ccc(Cl)cc2n1-c1ccccc1. The molecule has 0 saturated heterocycles. The van der Waals surface area contributed by atoms with E-state index < -0.39 is 16.0 Å². The van der Waals surface area contributed by atoms with E-state index in [0.29, 0.717) is 33.1 Å². The molecule has 3 aromatic carbocycles. The van der Waals surface area contributed by atoms with E-state index in [1.165, 1.54) is 7.11 Å². The fourth-order valence-corrected chi connectivity index (χ4v) is 11.0. The number of para-hydroxylation sites is 1. The van der Waals surface area contributed by atoms with Gasteiger partial charge in [-0.2, -0.15) is 0 Å². The zero-order valence-electron chi connectivity index (χ0n) is 27.2. The number of ether oxygens (including phenoxy) is 1. The number of methoxy groups -OCH3 is 1. The van der Waals surface area contributed by atoms with Crippen molar-refractivity contribution < 1.29 is 22.7 Å². The van der Waals surface area contributed by atoms with Crippen molar-refractivity contribution in [3.05, 3.63) is 110 Å². The van der Waals surface area contributed by atoms with E-state index >= 15 is 0 Å². The summed E-state index contributed by atoms with van der Waals surface area (Å²) in [5.74, 6) is 0.151. The van der Waals surface area contributed by atoms with E-state index in [1.807, 2.05) is 42.5 Å². The van der Waals surface area contributed by atoms with Gasteiger partial charge >= 0.3 is 5.97 Å². The van der Waals surface area contributed by atoms with Crippen LogP contribution in [0.15, 0.2) is 77.6 Å². The largest absolute Gasteiger partial charge is 0.464 e. The molecule has 2 N–H and O–H groups in total. The third-order valence-corrected chi connectivity index (χ3v) is 13.4. The van der Waals surface area contributed by atoms with Gasteiger partial charge in [-0.05, 0) is 111 Å². The summed E-state index contributed by atoms with van der Waals surface area (Å²) in [7, 11) is -2.00. The van der Waals surface area contributed by atoms with Crippen molar-refractivity contribution in [3.63, 3.8) is 0 Å². The van der Waals surface area contributed by atoms with Gasteiger partial charge in [0.15, 0.2) is 5.43 Å². The van der Waals surface area contributed by atoms with Gasteiger partial charge in [0.25, 0.3) is 5.91 Å². The average molecular weight is 700 g/mol. The van der Waals surface area contributed by atoms with E-state index in [9.17, 15) is 22.8 Å². The van der Waals surface area contributed by atoms with Crippen molar-refractivity contribution in [2.75, 3.05) is 7.11 Å². The van der Waals surface area contributed by atoms with Crippen LogP contribution in [0.3, 0.4) is 0 Å². The highest BCUT2D eigenvalue weighted by Gasteiger charge is 2.57. The molecule has 5 saturated carbocycles. The summed E-state index contributed by atoms with van der Waals surface area (Å²) < 4.78 is 35.8. The van der Waals surface area contributed by atoms with Crippen LogP contribution in [0.1, 0.15) is 76.9 Å². The van der Waals surface area contributed by atoms with Crippen LogP contribution in [0.2, 0.25) is 5.02 Å². The number of aromatic nitrogens is 1. The van der Waals surface area contributed by atoms with E-state index in [-0.39, 0.29) is 57.7 Å². The molecule has 0 unspecified atom stereocenters. The Bertz CT molecular complexity index is 2130. The van der Waals surface area contributed by atoms with Crippen LogP contribution in [0.4, 0.5) is 0 Å². The number of nitrogens with one attached hydrogen (secondary N) is 2. The molecule has 4 bridgehead atoms. The number of hydrogen-bond donors (Lipinski definition) is 2. The smallest absolute Gasteiger partial charge is 0.355 e. The van der Waals surface area contributed by atoms with Crippen molar-refractivity contribution in [2.24, 2.45) is 17.8 Å². The van der Waals surface area contributed by atoms with Gasteiger partial charge in [0.05, 0.1) is 17.9 Å². The number of rotatable bonds is 9. The number of esters is 1. The molecule has 5 fully saturated rings. The molecule has 9 nitrogen and oxygen atoms in total. The van der Waals surface area contributed by atoms with Crippen LogP contribution in [-0.4, -0.2) is 48.8 Å². The molecular weight excluding hydrogens is 662 g/mol. The molecule has 5 atom stereocenters. The number of benzene rings is 3. The second-order valence-electron chi connectivity index (χ2n) is 14.4. The van der Waals surface area contributed by atoms with Crippen LogP contribution in [0.5, 0.6) is 0 Å². The van der Waals surface area contributed by atoms with E-state index in [0.717, 1.165) is 50.5 Å². The Morgan fingerprint density at radius 3 is 2.31 bits per heavy atom. The normalized spacial score (nSPS) is 25.8. The van der Waals surface area contributed by atoms with Crippen LogP contribution in [-0.2, 0) is 21.2 Å². The number of nitrogens with zero attached hydrogens (tertiary/aromatic N) is 1. The standard InChI is InChI=1S/C38H38ClN3O6S/c1-48-37(45)34-31(35(43)30-14-11-27(39)18-32(30)42(34)28-5-3-2-4-6-28)17-22-7-9-24(10-8-22)36(44)40-33-25-15-23-16-26(33)21-38(19-23,20-25)41-49(46,47)29-12-13-29/h2-11,14,18,23,25-26,29,33,41H,12-13,15-17,19-21H2,1H3,(H,40,44)/t23-,25-,26+,33-,38-. The molecule has 0 spiro atoms. The van der Waals surface area contributed by atoms with Gasteiger partial charge in [-0.25, -0.2) is 17.9 Å². The zero-order chi connectivity index (χ0) is 34.1. The monoisotopic (exact) mass is 699 g/mol. The first kappa shape index (κ1) is 32.2. The first-order chi connectivity index (χ1) is 23.5. The van der Waals surface area contributed by atoms with E-state index in [1.54, 1.807) is 34.9 Å². The third kappa shape index (κ3) is 5.87. The first-order valence-electron chi connectivity index (χ1n) is 17.0. The van der Waals surface area contributed by atoms with Gasteiger partial charge in [-0.15, -0.1) is 0 Å². The van der Waals surface area contributed by atoms with Gasteiger partial charge in [0, 0.05) is 45.2 Å². The van der Waals surface area contributed by atoms with Crippen molar-refractivity contribution in [1.82, 2.24) is 14.6 Å². The second-order valence-corrected chi connectivity index (χ2v) is 16.8. The van der Waals surface area contributed by atoms with Crippen molar-refractivity contribution >= 4 is 44.4 Å². The maximum Gasteiger partial charge on any atom is 0.355 e. The minimum Gasteiger partial charge on any atom is -0.464 e. The lowest BCUT2D eigenvalue weighted by Crippen LogP contribution is -2.66. The number of amides is 1. The average Bonchev–Trinajstić information content (AvgIpc) is 3.94. The van der Waals surface area contributed by atoms with Gasteiger partial charge < -0.3 is 14.6 Å². The predicted octanol–water partition coefficient (Wildman–Crippen LogP) is 5.78. The second kappa shape index (κ2) is 12.1. The van der Waals surface area contributed by atoms with Crippen LogP contribution in [0.25, 0.3) is 16.6 Å². The summed E-state index contributed by atoms with van der Waals surface area (Å²) in [5, 5.41) is 3.92. The van der Waals surface area contributed by atoms with Crippen molar-refractivity contribution in [3.8, 4) is 5.69 Å². The molecule has 49 heavy (non-hydrogen) atoms. The molecule has 1 heterocycles. The molecule has 9 rings (SSSR count). The molecule has 5 aliphatic carbocycles. The molecule has 1 aromatic heterocycles. The summed E-state index contributed by atoms with van der Waals surface area (Å²) in [5.41, 5.74) is 2.17. The Hall–Kier alpha value is -3.99. The first-order valence-corrected chi connectivity index (χ1v) is 18.9. The van der Waals surface area contributed by atoms with Gasteiger partial charge in [-0.1, -0.05) is 41.9 Å². The summed E-state index contributed by atoms with van der Waals surface area (Å²) in [4.78, 5) is 40.9. The Morgan fingerprint density at radius 2 is 1.65 bits per heavy atom. The highest BCUT2D eigenvalue weighted by atomic mass is 35.5. The summed E-state index contributed by atoms with van der Waals surface area (Å²) in [6, 6.07) is 21.4. The molecule has 4 aromatic rings. The Balaban J connectivity index is 1.05. The molecule has 5 aliphatic rings. The lowest BCUT2D eigenvalue weighted by Gasteiger charge is -2.60. The highest BCUT2D eigenvalue weighted by molar-refractivity contribution is 7.90. The van der Waals surface area contributed by atoms with Gasteiger partial charge in [0.1, 0.15) is 5.69 Å². The number of halogens is 1. The van der Waals surface area contributed by atoms with Crippen LogP contribution in [0, 0.1) is 17.8 Å². The fourth-order valence-electron chi connectivity index (χ4n) is 9.09.